The van der Waals surface area contributed by atoms with Crippen LogP contribution in [0.15, 0.2) is 98.9 Å². The number of nitrogens with one attached hydrogen (secondary N) is 1. The smallest absolute Gasteiger partial charge is 0.307 e. The first-order valence-corrected chi connectivity index (χ1v) is 15.1. The van der Waals surface area contributed by atoms with Crippen LogP contribution in [-0.4, -0.2) is 28.2 Å². The van der Waals surface area contributed by atoms with Crippen molar-refractivity contribution in [3.8, 4) is 22.9 Å². The first-order valence-electron chi connectivity index (χ1n) is 14.3. The van der Waals surface area contributed by atoms with Crippen molar-refractivity contribution in [2.45, 2.75) is 34.0 Å². The molecule has 0 unspecified atom stereocenters. The van der Waals surface area contributed by atoms with Crippen LogP contribution in [-0.2, 0) is 13.2 Å². The Kier molecular flexibility index (Phi) is 10.2. The molecule has 2 aromatic heterocycles. The molecule has 1 amide bonds. The Hall–Kier alpha value is -5.36. The minimum absolute atomic E-state index is 0.00755. The molecule has 0 saturated carbocycles. The number of nitro benzene ring substituents is 1. The number of halogens is 1. The number of non-ortho nitro benzene ring substituents is 1. The van der Waals surface area contributed by atoms with E-state index in [2.05, 4.69) is 57.0 Å². The highest BCUT2D eigenvalue weighted by atomic mass is 79.9. The van der Waals surface area contributed by atoms with Gasteiger partial charge in [0.25, 0.3) is 5.69 Å². The highest BCUT2D eigenvalue weighted by Gasteiger charge is 2.14. The fourth-order valence-corrected chi connectivity index (χ4v) is 5.23. The number of aryl methyl sites for hydroxylation is 2. The predicted molar refractivity (Wildman–Crippen MR) is 176 cm³/mol. The molecule has 1 N–H and O–H groups in total. The lowest BCUT2D eigenvalue weighted by molar-refractivity contribution is -0.384. The third kappa shape index (κ3) is 7.83. The van der Waals surface area contributed by atoms with Gasteiger partial charge >= 0.3 is 5.91 Å². The van der Waals surface area contributed by atoms with E-state index in [-0.39, 0.29) is 24.7 Å². The molecule has 0 bridgehead atoms. The molecule has 0 atom stereocenters. The van der Waals surface area contributed by atoms with Crippen LogP contribution in [0.5, 0.6) is 17.2 Å². The van der Waals surface area contributed by atoms with Crippen molar-refractivity contribution in [3.05, 3.63) is 134 Å². The first kappa shape index (κ1) is 32.0. The third-order valence-corrected chi connectivity index (χ3v) is 7.46. The molecule has 0 aliphatic rings. The Morgan fingerprint density at radius 2 is 1.67 bits per heavy atom. The zero-order valence-electron chi connectivity index (χ0n) is 25.4. The topological polar surface area (TPSA) is 130 Å². The molecule has 0 aliphatic heterocycles. The molecule has 12 heteroatoms. The van der Waals surface area contributed by atoms with Gasteiger partial charge in [-0.3, -0.25) is 14.9 Å². The summed E-state index contributed by atoms with van der Waals surface area (Å²) in [4.78, 5) is 23.1. The summed E-state index contributed by atoms with van der Waals surface area (Å²) in [5.41, 5.74) is 7.23. The van der Waals surface area contributed by atoms with Crippen molar-refractivity contribution < 1.29 is 28.3 Å². The summed E-state index contributed by atoms with van der Waals surface area (Å²) >= 11 is 3.51. The zero-order valence-corrected chi connectivity index (χ0v) is 26.9. The van der Waals surface area contributed by atoms with Crippen LogP contribution >= 0.6 is 15.9 Å². The van der Waals surface area contributed by atoms with E-state index in [1.807, 2.05) is 31.2 Å². The van der Waals surface area contributed by atoms with Crippen molar-refractivity contribution >= 4 is 33.7 Å². The standard InChI is InChI=1S/C34H31BrN4O7/c1-4-43-32-18-25(17-30(35)33(32)45-20-24-7-9-27(10-8-24)39(41)42)19-36-37-34(40)31-16-15-29(46-31)21-44-28-13-11-26(12-14-28)38-22(2)5-6-23(38)3/h5-19H,4,20-21H2,1-3H3,(H,37,40)/b36-19+. The lowest BCUT2D eigenvalue weighted by atomic mass is 10.2. The van der Waals surface area contributed by atoms with Gasteiger partial charge < -0.3 is 23.2 Å². The molecule has 0 spiro atoms. The van der Waals surface area contributed by atoms with Gasteiger partial charge in [0.1, 0.15) is 24.7 Å². The number of amides is 1. The van der Waals surface area contributed by atoms with Gasteiger partial charge in [-0.2, -0.15) is 5.10 Å². The Morgan fingerprint density at radius 3 is 2.35 bits per heavy atom. The van der Waals surface area contributed by atoms with Crippen LogP contribution in [0.25, 0.3) is 5.69 Å². The number of hydrogen-bond acceptors (Lipinski definition) is 8. The SMILES string of the molecule is CCOc1cc(/C=N/NC(=O)c2ccc(COc3ccc(-n4c(C)ccc4C)cc3)o2)cc(Br)c1OCc1ccc([N+](=O)[O-])cc1. The van der Waals surface area contributed by atoms with Crippen LogP contribution in [0.4, 0.5) is 5.69 Å². The number of rotatable bonds is 13. The third-order valence-electron chi connectivity index (χ3n) is 6.87. The van der Waals surface area contributed by atoms with Crippen molar-refractivity contribution in [2.24, 2.45) is 5.10 Å². The molecule has 46 heavy (non-hydrogen) atoms. The van der Waals surface area contributed by atoms with Crippen molar-refractivity contribution in [2.75, 3.05) is 6.61 Å². The Morgan fingerprint density at radius 1 is 0.957 bits per heavy atom. The van der Waals surface area contributed by atoms with Crippen LogP contribution < -0.4 is 19.6 Å². The van der Waals surface area contributed by atoms with E-state index < -0.39 is 10.8 Å². The van der Waals surface area contributed by atoms with Gasteiger partial charge in [0.15, 0.2) is 17.3 Å². The molecular formula is C34H31BrN4O7. The monoisotopic (exact) mass is 686 g/mol. The number of benzene rings is 3. The van der Waals surface area contributed by atoms with E-state index in [1.54, 1.807) is 36.4 Å². The lowest BCUT2D eigenvalue weighted by Crippen LogP contribution is -2.16. The van der Waals surface area contributed by atoms with Crippen LogP contribution in [0, 0.1) is 24.0 Å². The maximum atomic E-state index is 12.6. The van der Waals surface area contributed by atoms with Crippen LogP contribution in [0.1, 0.15) is 45.8 Å². The summed E-state index contributed by atoms with van der Waals surface area (Å²) in [6.07, 6.45) is 1.47. The van der Waals surface area contributed by atoms with E-state index in [4.69, 9.17) is 18.6 Å². The highest BCUT2D eigenvalue weighted by Crippen LogP contribution is 2.37. The summed E-state index contributed by atoms with van der Waals surface area (Å²) in [5.74, 6) is 1.68. The van der Waals surface area contributed by atoms with E-state index in [9.17, 15) is 14.9 Å². The molecule has 3 aromatic carbocycles. The largest absolute Gasteiger partial charge is 0.490 e. The molecule has 11 nitrogen and oxygen atoms in total. The summed E-state index contributed by atoms with van der Waals surface area (Å²) in [7, 11) is 0. The predicted octanol–water partition coefficient (Wildman–Crippen LogP) is 7.68. The quantitative estimate of drug-likeness (QED) is 0.0764. The number of hydrogen-bond donors (Lipinski definition) is 1. The number of aromatic nitrogens is 1. The molecule has 0 radical (unpaired) electrons. The zero-order chi connectivity index (χ0) is 32.6. The number of carbonyl (C=O) groups is 1. The first-order chi connectivity index (χ1) is 22.2. The van der Waals surface area contributed by atoms with Gasteiger partial charge in [-0.1, -0.05) is 0 Å². The summed E-state index contributed by atoms with van der Waals surface area (Å²) in [6.45, 7) is 6.70. The maximum absolute atomic E-state index is 12.6. The van der Waals surface area contributed by atoms with E-state index in [0.717, 1.165) is 22.6 Å². The van der Waals surface area contributed by atoms with Crippen LogP contribution in [0.2, 0.25) is 0 Å². The highest BCUT2D eigenvalue weighted by molar-refractivity contribution is 9.10. The second-order valence-electron chi connectivity index (χ2n) is 10.2. The molecule has 0 aliphatic carbocycles. The molecule has 2 heterocycles. The van der Waals surface area contributed by atoms with E-state index in [0.29, 0.717) is 39.7 Å². The molecule has 0 saturated heterocycles. The minimum Gasteiger partial charge on any atom is -0.490 e. The summed E-state index contributed by atoms with van der Waals surface area (Å²) in [5, 5.41) is 15.0. The fraction of sp³-hybridized carbons (Fsp3) is 0.176. The minimum atomic E-state index is -0.517. The van der Waals surface area contributed by atoms with E-state index in [1.165, 1.54) is 18.3 Å². The Bertz CT molecular complexity index is 1840. The van der Waals surface area contributed by atoms with Gasteiger partial charge in [-0.05, 0) is 121 Å². The average Bonchev–Trinajstić information content (AvgIpc) is 3.66. The van der Waals surface area contributed by atoms with Crippen molar-refractivity contribution in [1.29, 1.82) is 0 Å². The second kappa shape index (κ2) is 14.6. The molecular weight excluding hydrogens is 656 g/mol. The number of furan rings is 1. The van der Waals surface area contributed by atoms with Crippen LogP contribution in [0.3, 0.4) is 0 Å². The molecule has 0 fully saturated rings. The number of hydrazone groups is 1. The fourth-order valence-electron chi connectivity index (χ4n) is 4.65. The molecule has 5 rings (SSSR count). The number of ether oxygens (including phenoxy) is 3. The lowest BCUT2D eigenvalue weighted by Gasteiger charge is -2.14. The number of nitrogens with zero attached hydrogens (tertiary/aromatic N) is 3. The normalized spacial score (nSPS) is 11.0. The van der Waals surface area contributed by atoms with Gasteiger partial charge in [-0.15, -0.1) is 0 Å². The molecule has 5 aromatic rings. The Labute approximate surface area is 273 Å². The van der Waals surface area contributed by atoms with Gasteiger partial charge in [0, 0.05) is 29.2 Å². The van der Waals surface area contributed by atoms with E-state index >= 15 is 0 Å². The number of carbonyl (C=O) groups excluding carboxylic acids is 1. The number of nitro groups is 1. The van der Waals surface area contributed by atoms with Gasteiger partial charge in [0.05, 0.1) is 22.2 Å². The average molecular weight is 688 g/mol. The van der Waals surface area contributed by atoms with Gasteiger partial charge in [-0.25, -0.2) is 5.43 Å². The van der Waals surface area contributed by atoms with Crippen molar-refractivity contribution in [1.82, 2.24) is 9.99 Å². The molecule has 236 valence electrons. The summed E-state index contributed by atoms with van der Waals surface area (Å²) in [6, 6.07) is 24.8. The second-order valence-corrected chi connectivity index (χ2v) is 11.0. The summed E-state index contributed by atoms with van der Waals surface area (Å²) < 4.78 is 26.0. The van der Waals surface area contributed by atoms with Crippen molar-refractivity contribution in [3.63, 3.8) is 0 Å². The van der Waals surface area contributed by atoms with Gasteiger partial charge in [0.2, 0.25) is 0 Å². The maximum Gasteiger partial charge on any atom is 0.307 e. The Balaban J connectivity index is 1.15.